The van der Waals surface area contributed by atoms with Gasteiger partial charge in [-0.25, -0.2) is 0 Å². The van der Waals surface area contributed by atoms with E-state index in [-0.39, 0.29) is 22.2 Å². The van der Waals surface area contributed by atoms with Crippen LogP contribution in [0.25, 0.3) is 0 Å². The zero-order valence-corrected chi connectivity index (χ0v) is 20.6. The Kier molecular flexibility index (Phi) is 9.22. The van der Waals surface area contributed by atoms with E-state index in [9.17, 15) is 14.4 Å². The maximum atomic E-state index is 13.8. The molecular formula is C23H33N5O4S. The first kappa shape index (κ1) is 26.1. The molecule has 0 aliphatic heterocycles. The van der Waals surface area contributed by atoms with Crippen molar-refractivity contribution in [2.24, 2.45) is 11.7 Å². The third kappa shape index (κ3) is 6.22. The second-order valence-corrected chi connectivity index (χ2v) is 9.04. The molecule has 0 fully saturated rings. The fourth-order valence-corrected chi connectivity index (χ4v) is 4.14. The lowest BCUT2D eigenvalue weighted by Gasteiger charge is -2.32. The van der Waals surface area contributed by atoms with Crippen LogP contribution in [0, 0.1) is 12.8 Å². The van der Waals surface area contributed by atoms with Crippen molar-refractivity contribution in [2.75, 3.05) is 24.3 Å². The Morgan fingerprint density at radius 3 is 2.48 bits per heavy atom. The molecule has 2 aromatic rings. The number of rotatable bonds is 11. The number of hydrogen-bond acceptors (Lipinski definition) is 7. The van der Waals surface area contributed by atoms with Crippen LogP contribution < -0.4 is 26.4 Å². The molecule has 1 heterocycles. The number of hydrogen-bond donors (Lipinski definition) is 3. The number of methoxy groups -OCH3 is 1. The van der Waals surface area contributed by atoms with Crippen LogP contribution in [0.1, 0.15) is 65.8 Å². The summed E-state index contributed by atoms with van der Waals surface area (Å²) in [5.74, 6) is -0.775. The number of aromatic nitrogens is 1. The third-order valence-corrected chi connectivity index (χ3v) is 6.02. The summed E-state index contributed by atoms with van der Waals surface area (Å²) >= 11 is 0.783. The average molecular weight is 476 g/mol. The summed E-state index contributed by atoms with van der Waals surface area (Å²) in [4.78, 5) is 40.2. The first-order valence-corrected chi connectivity index (χ1v) is 11.7. The molecule has 0 radical (unpaired) electrons. The number of nitrogens with one attached hydrogen (secondary N) is 1. The van der Waals surface area contributed by atoms with E-state index in [4.69, 9.17) is 16.2 Å². The molecule has 0 bridgehead atoms. The van der Waals surface area contributed by atoms with Crippen LogP contribution in [0.2, 0.25) is 0 Å². The van der Waals surface area contributed by atoms with E-state index in [1.807, 2.05) is 19.9 Å². The van der Waals surface area contributed by atoms with Crippen molar-refractivity contribution in [2.45, 2.75) is 53.0 Å². The molecule has 3 amide bonds. The standard InChI is InChI=1S/C23H33N5O4S/c1-6-7-15(22(30)26-11-10-13(2)3)28(16-12-14(4)8-9-17(16)32-5)23(31)20-18(24)19(21(25)29)27-33-20/h8-9,12-13,15H,6-7,10-11,24H2,1-5H3,(H2,25,29)(H,26,30)/t15-/m0/s1. The Morgan fingerprint density at radius 1 is 1.24 bits per heavy atom. The van der Waals surface area contributed by atoms with Crippen LogP contribution in [0.4, 0.5) is 11.4 Å². The molecule has 1 aromatic carbocycles. The zero-order valence-electron chi connectivity index (χ0n) is 19.8. The van der Waals surface area contributed by atoms with Gasteiger partial charge in [-0.15, -0.1) is 0 Å². The monoisotopic (exact) mass is 475 g/mol. The van der Waals surface area contributed by atoms with Gasteiger partial charge >= 0.3 is 0 Å². The zero-order chi connectivity index (χ0) is 24.7. The van der Waals surface area contributed by atoms with Crippen molar-refractivity contribution in [3.8, 4) is 5.75 Å². The fraction of sp³-hybridized carbons (Fsp3) is 0.478. The number of primary amides is 1. The van der Waals surface area contributed by atoms with Crippen LogP contribution in [0.5, 0.6) is 5.75 Å². The normalized spacial score (nSPS) is 11.8. The first-order chi connectivity index (χ1) is 15.6. The quantitative estimate of drug-likeness (QED) is 0.456. The average Bonchev–Trinajstić information content (AvgIpc) is 3.14. The second kappa shape index (κ2) is 11.6. The molecule has 0 aliphatic rings. The molecule has 0 saturated carbocycles. The van der Waals surface area contributed by atoms with Crippen LogP contribution in [0.15, 0.2) is 18.2 Å². The van der Waals surface area contributed by atoms with Gasteiger partial charge in [0, 0.05) is 6.54 Å². The molecule has 1 atom stereocenters. The lowest BCUT2D eigenvalue weighted by molar-refractivity contribution is -0.122. The largest absolute Gasteiger partial charge is 0.495 e. The van der Waals surface area contributed by atoms with E-state index in [1.165, 1.54) is 12.0 Å². The van der Waals surface area contributed by atoms with Gasteiger partial charge < -0.3 is 21.5 Å². The molecule has 0 saturated heterocycles. The molecule has 180 valence electrons. The highest BCUT2D eigenvalue weighted by Gasteiger charge is 2.35. The molecular weight excluding hydrogens is 442 g/mol. The van der Waals surface area contributed by atoms with Crippen LogP contribution in [-0.4, -0.2) is 41.8 Å². The lowest BCUT2D eigenvalue weighted by atomic mass is 10.0. The maximum absolute atomic E-state index is 13.8. The first-order valence-electron chi connectivity index (χ1n) is 10.9. The smallest absolute Gasteiger partial charge is 0.272 e. The van der Waals surface area contributed by atoms with Gasteiger partial charge in [0.2, 0.25) is 5.91 Å². The number of carbonyl (C=O) groups is 3. The van der Waals surface area contributed by atoms with Crippen molar-refractivity contribution < 1.29 is 19.1 Å². The maximum Gasteiger partial charge on any atom is 0.272 e. The van der Waals surface area contributed by atoms with Crippen molar-refractivity contribution in [3.05, 3.63) is 34.3 Å². The van der Waals surface area contributed by atoms with E-state index in [0.29, 0.717) is 36.7 Å². The minimum absolute atomic E-state index is 0.0449. The number of anilines is 2. The Labute approximate surface area is 198 Å². The molecule has 10 heteroatoms. The van der Waals surface area contributed by atoms with Gasteiger partial charge in [0.05, 0.1) is 18.5 Å². The summed E-state index contributed by atoms with van der Waals surface area (Å²) < 4.78 is 9.47. The number of amides is 3. The highest BCUT2D eigenvalue weighted by molar-refractivity contribution is 7.09. The van der Waals surface area contributed by atoms with Gasteiger partial charge in [-0.1, -0.05) is 33.3 Å². The number of benzene rings is 1. The van der Waals surface area contributed by atoms with Crippen molar-refractivity contribution in [1.82, 2.24) is 9.69 Å². The minimum atomic E-state index is -0.820. The number of nitrogens with zero attached hydrogens (tertiary/aromatic N) is 2. The SMILES string of the molecule is CCC[C@@H](C(=O)NCCC(C)C)N(C(=O)c1snc(C(N)=O)c1N)c1cc(C)ccc1OC. The molecule has 33 heavy (non-hydrogen) atoms. The molecule has 2 rings (SSSR count). The summed E-state index contributed by atoms with van der Waals surface area (Å²) in [7, 11) is 1.50. The van der Waals surface area contributed by atoms with E-state index in [1.54, 1.807) is 12.1 Å². The summed E-state index contributed by atoms with van der Waals surface area (Å²) in [6.07, 6.45) is 1.89. The van der Waals surface area contributed by atoms with Gasteiger partial charge in [0.15, 0.2) is 5.69 Å². The minimum Gasteiger partial charge on any atom is -0.495 e. The summed E-state index contributed by atoms with van der Waals surface area (Å²) in [5.41, 5.74) is 12.5. The van der Waals surface area contributed by atoms with E-state index >= 15 is 0 Å². The summed E-state index contributed by atoms with van der Waals surface area (Å²) in [6, 6.07) is 4.57. The van der Waals surface area contributed by atoms with Gasteiger partial charge in [-0.3, -0.25) is 19.3 Å². The topological polar surface area (TPSA) is 141 Å². The summed E-state index contributed by atoms with van der Waals surface area (Å²) in [5, 5.41) is 2.95. The number of ether oxygens (including phenoxy) is 1. The van der Waals surface area contributed by atoms with Crippen LogP contribution >= 0.6 is 11.5 Å². The molecule has 0 aliphatic carbocycles. The lowest BCUT2D eigenvalue weighted by Crippen LogP contribution is -2.50. The molecule has 9 nitrogen and oxygen atoms in total. The number of aryl methyl sites for hydroxylation is 1. The fourth-order valence-electron chi connectivity index (χ4n) is 3.40. The van der Waals surface area contributed by atoms with Crippen molar-refractivity contribution >= 4 is 40.6 Å². The van der Waals surface area contributed by atoms with Gasteiger partial charge in [0.1, 0.15) is 16.7 Å². The van der Waals surface area contributed by atoms with Crippen LogP contribution in [-0.2, 0) is 4.79 Å². The van der Waals surface area contributed by atoms with E-state index < -0.39 is 17.9 Å². The number of nitrogens with two attached hydrogens (primary N) is 2. The number of nitrogen functional groups attached to an aromatic ring is 1. The Morgan fingerprint density at radius 2 is 1.94 bits per heavy atom. The van der Waals surface area contributed by atoms with E-state index in [2.05, 4.69) is 23.5 Å². The Hall–Kier alpha value is -3.14. The predicted octanol–water partition coefficient (Wildman–Crippen LogP) is 3.12. The van der Waals surface area contributed by atoms with Gasteiger partial charge in [0.25, 0.3) is 11.8 Å². The second-order valence-electron chi connectivity index (χ2n) is 8.27. The van der Waals surface area contributed by atoms with Gasteiger partial charge in [-0.05, 0) is 54.9 Å². The molecule has 0 unspecified atom stereocenters. The molecule has 5 N–H and O–H groups in total. The predicted molar refractivity (Wildman–Crippen MR) is 131 cm³/mol. The summed E-state index contributed by atoms with van der Waals surface area (Å²) in [6.45, 7) is 8.47. The molecule has 0 spiro atoms. The van der Waals surface area contributed by atoms with E-state index in [0.717, 1.165) is 23.5 Å². The Balaban J connectivity index is 2.60. The van der Waals surface area contributed by atoms with Crippen molar-refractivity contribution in [3.63, 3.8) is 0 Å². The molecule has 1 aromatic heterocycles. The third-order valence-electron chi connectivity index (χ3n) is 5.17. The number of carbonyl (C=O) groups excluding carboxylic acids is 3. The highest BCUT2D eigenvalue weighted by Crippen LogP contribution is 2.35. The van der Waals surface area contributed by atoms with Crippen molar-refractivity contribution in [1.29, 1.82) is 0 Å². The van der Waals surface area contributed by atoms with Crippen LogP contribution in [0.3, 0.4) is 0 Å². The highest BCUT2D eigenvalue weighted by atomic mass is 32.1. The Bertz CT molecular complexity index is 1000. The van der Waals surface area contributed by atoms with Gasteiger partial charge in [-0.2, -0.15) is 4.37 Å².